The summed E-state index contributed by atoms with van der Waals surface area (Å²) in [7, 11) is 1.70. The number of nitrogens with one attached hydrogen (secondary N) is 1. The van der Waals surface area contributed by atoms with Crippen LogP contribution in [-0.2, 0) is 0 Å². The summed E-state index contributed by atoms with van der Waals surface area (Å²) < 4.78 is 5.28. The van der Waals surface area contributed by atoms with Crippen LogP contribution in [0.1, 0.15) is 41.9 Å². The van der Waals surface area contributed by atoms with Crippen LogP contribution in [0.5, 0.6) is 5.75 Å². The number of benzene rings is 1. The second-order valence-electron chi connectivity index (χ2n) is 4.85. The highest BCUT2D eigenvalue weighted by Crippen LogP contribution is 2.27. The minimum atomic E-state index is 0.298. The quantitative estimate of drug-likeness (QED) is 0.869. The number of rotatable bonds is 5. The van der Waals surface area contributed by atoms with Crippen molar-refractivity contribution in [1.82, 2.24) is 5.32 Å². The molecule has 0 radical (unpaired) electrons. The van der Waals surface area contributed by atoms with Gasteiger partial charge >= 0.3 is 0 Å². The summed E-state index contributed by atoms with van der Waals surface area (Å²) in [5.41, 5.74) is 2.61. The standard InChI is InChI=1S/C16H21NOS/c1-11-8-9-19-16(11)13(3)17-12(2)14-6-5-7-15(10-14)18-4/h5-10,12-13,17H,1-4H3/t12-,13?/m0/s1. The lowest BCUT2D eigenvalue weighted by atomic mass is 10.1. The van der Waals surface area contributed by atoms with Crippen molar-refractivity contribution in [2.45, 2.75) is 32.9 Å². The first-order chi connectivity index (χ1) is 9.11. The third-order valence-electron chi connectivity index (χ3n) is 3.39. The molecule has 0 saturated carbocycles. The third kappa shape index (κ3) is 3.37. The molecule has 0 aliphatic heterocycles. The van der Waals surface area contributed by atoms with Gasteiger partial charge in [0.15, 0.2) is 0 Å². The molecule has 2 rings (SSSR count). The van der Waals surface area contributed by atoms with E-state index in [9.17, 15) is 0 Å². The maximum absolute atomic E-state index is 5.28. The largest absolute Gasteiger partial charge is 0.497 e. The van der Waals surface area contributed by atoms with Crippen molar-refractivity contribution in [2.75, 3.05) is 7.11 Å². The average Bonchev–Trinajstić information content (AvgIpc) is 2.85. The molecule has 0 spiro atoms. The van der Waals surface area contributed by atoms with Crippen LogP contribution in [0.3, 0.4) is 0 Å². The normalized spacial score (nSPS) is 14.1. The molecule has 0 fully saturated rings. The van der Waals surface area contributed by atoms with E-state index in [1.807, 2.05) is 23.5 Å². The first kappa shape index (κ1) is 14.1. The van der Waals surface area contributed by atoms with E-state index in [-0.39, 0.29) is 0 Å². The van der Waals surface area contributed by atoms with Crippen molar-refractivity contribution in [3.05, 3.63) is 51.7 Å². The van der Waals surface area contributed by atoms with E-state index in [0.717, 1.165) is 5.75 Å². The van der Waals surface area contributed by atoms with Crippen LogP contribution >= 0.6 is 11.3 Å². The predicted molar refractivity (Wildman–Crippen MR) is 82.0 cm³/mol. The second-order valence-corrected chi connectivity index (χ2v) is 5.80. The lowest BCUT2D eigenvalue weighted by molar-refractivity contribution is 0.412. The molecular formula is C16H21NOS. The number of hydrogen-bond donors (Lipinski definition) is 1. The van der Waals surface area contributed by atoms with Gasteiger partial charge in [-0.1, -0.05) is 12.1 Å². The van der Waals surface area contributed by atoms with E-state index in [4.69, 9.17) is 4.74 Å². The highest BCUT2D eigenvalue weighted by atomic mass is 32.1. The minimum Gasteiger partial charge on any atom is -0.497 e. The molecule has 1 aromatic carbocycles. The molecule has 0 amide bonds. The first-order valence-corrected chi connectivity index (χ1v) is 7.43. The number of hydrogen-bond acceptors (Lipinski definition) is 3. The van der Waals surface area contributed by atoms with E-state index in [1.54, 1.807) is 7.11 Å². The Labute approximate surface area is 119 Å². The lowest BCUT2D eigenvalue weighted by Crippen LogP contribution is -2.22. The van der Waals surface area contributed by atoms with Crippen molar-refractivity contribution in [2.24, 2.45) is 0 Å². The van der Waals surface area contributed by atoms with Crippen LogP contribution in [0.2, 0.25) is 0 Å². The molecule has 2 aromatic rings. The van der Waals surface area contributed by atoms with Crippen molar-refractivity contribution in [3.63, 3.8) is 0 Å². The van der Waals surface area contributed by atoms with Gasteiger partial charge in [-0.25, -0.2) is 0 Å². The van der Waals surface area contributed by atoms with Crippen LogP contribution in [-0.4, -0.2) is 7.11 Å². The smallest absolute Gasteiger partial charge is 0.119 e. The molecule has 3 heteroatoms. The van der Waals surface area contributed by atoms with Crippen LogP contribution in [0.15, 0.2) is 35.7 Å². The van der Waals surface area contributed by atoms with Gasteiger partial charge in [-0.2, -0.15) is 0 Å². The van der Waals surface area contributed by atoms with Crippen molar-refractivity contribution >= 4 is 11.3 Å². The Morgan fingerprint density at radius 1 is 1.16 bits per heavy atom. The van der Waals surface area contributed by atoms with Crippen molar-refractivity contribution in [3.8, 4) is 5.75 Å². The minimum absolute atomic E-state index is 0.298. The zero-order chi connectivity index (χ0) is 13.8. The molecule has 1 heterocycles. The van der Waals surface area contributed by atoms with Gasteiger partial charge in [0, 0.05) is 17.0 Å². The Balaban J connectivity index is 2.08. The second kappa shape index (κ2) is 6.22. The van der Waals surface area contributed by atoms with Crippen molar-refractivity contribution < 1.29 is 4.74 Å². The summed E-state index contributed by atoms with van der Waals surface area (Å²) >= 11 is 1.82. The Morgan fingerprint density at radius 2 is 1.95 bits per heavy atom. The maximum Gasteiger partial charge on any atom is 0.119 e. The summed E-state index contributed by atoms with van der Waals surface area (Å²) in [6, 6.07) is 11.1. The van der Waals surface area contributed by atoms with E-state index < -0.39 is 0 Å². The fourth-order valence-electron chi connectivity index (χ4n) is 2.29. The van der Waals surface area contributed by atoms with E-state index in [2.05, 4.69) is 49.7 Å². The van der Waals surface area contributed by atoms with Crippen LogP contribution in [0.4, 0.5) is 0 Å². The maximum atomic E-state index is 5.28. The highest BCUT2D eigenvalue weighted by Gasteiger charge is 2.14. The molecule has 1 unspecified atom stereocenters. The van der Waals surface area contributed by atoms with Crippen LogP contribution < -0.4 is 10.1 Å². The molecule has 0 saturated heterocycles. The molecule has 2 atom stereocenters. The number of aryl methyl sites for hydroxylation is 1. The summed E-state index contributed by atoms with van der Waals surface area (Å²) in [6.07, 6.45) is 0. The Bertz CT molecular complexity index is 535. The van der Waals surface area contributed by atoms with Gasteiger partial charge in [0.05, 0.1) is 7.11 Å². The molecular weight excluding hydrogens is 254 g/mol. The van der Waals surface area contributed by atoms with E-state index >= 15 is 0 Å². The van der Waals surface area contributed by atoms with Crippen LogP contribution in [0, 0.1) is 6.92 Å². The monoisotopic (exact) mass is 275 g/mol. The topological polar surface area (TPSA) is 21.3 Å². The number of methoxy groups -OCH3 is 1. The van der Waals surface area contributed by atoms with Gasteiger partial charge in [-0.15, -0.1) is 11.3 Å². The average molecular weight is 275 g/mol. The summed E-state index contributed by atoms with van der Waals surface area (Å²) in [6.45, 7) is 6.57. The molecule has 2 nitrogen and oxygen atoms in total. The fraction of sp³-hybridized carbons (Fsp3) is 0.375. The predicted octanol–water partition coefficient (Wildman–Crippen LogP) is 4.48. The number of ether oxygens (including phenoxy) is 1. The Kier molecular flexibility index (Phi) is 4.61. The molecule has 1 aromatic heterocycles. The van der Waals surface area contributed by atoms with E-state index in [0.29, 0.717) is 12.1 Å². The van der Waals surface area contributed by atoms with Gasteiger partial charge in [0.1, 0.15) is 5.75 Å². The first-order valence-electron chi connectivity index (χ1n) is 6.55. The molecule has 1 N–H and O–H groups in total. The Hall–Kier alpha value is -1.32. The fourth-order valence-corrected chi connectivity index (χ4v) is 3.23. The van der Waals surface area contributed by atoms with E-state index in [1.165, 1.54) is 16.0 Å². The van der Waals surface area contributed by atoms with Gasteiger partial charge in [0.25, 0.3) is 0 Å². The zero-order valence-corrected chi connectivity index (χ0v) is 12.8. The molecule has 102 valence electrons. The molecule has 0 aliphatic rings. The lowest BCUT2D eigenvalue weighted by Gasteiger charge is -2.20. The van der Waals surface area contributed by atoms with Gasteiger partial charge in [0.2, 0.25) is 0 Å². The van der Waals surface area contributed by atoms with Gasteiger partial charge in [-0.3, -0.25) is 0 Å². The summed E-state index contributed by atoms with van der Waals surface area (Å²) in [5.74, 6) is 0.908. The Morgan fingerprint density at radius 3 is 2.58 bits per heavy atom. The van der Waals surface area contributed by atoms with Gasteiger partial charge in [-0.05, 0) is 55.5 Å². The van der Waals surface area contributed by atoms with Gasteiger partial charge < -0.3 is 10.1 Å². The summed E-state index contributed by atoms with van der Waals surface area (Å²) in [4.78, 5) is 1.41. The highest BCUT2D eigenvalue weighted by molar-refractivity contribution is 7.10. The number of thiophene rings is 1. The third-order valence-corrected chi connectivity index (χ3v) is 4.59. The SMILES string of the molecule is COc1cccc([C@H](C)NC(C)c2sccc2C)c1. The zero-order valence-electron chi connectivity index (χ0n) is 11.9. The van der Waals surface area contributed by atoms with Crippen molar-refractivity contribution in [1.29, 1.82) is 0 Å². The molecule has 0 bridgehead atoms. The molecule has 0 aliphatic carbocycles. The van der Waals surface area contributed by atoms with Crippen LogP contribution in [0.25, 0.3) is 0 Å². The molecule has 19 heavy (non-hydrogen) atoms. The summed E-state index contributed by atoms with van der Waals surface area (Å²) in [5, 5.41) is 5.80.